The lowest BCUT2D eigenvalue weighted by Crippen LogP contribution is -2.36. The number of anilines is 3. The fourth-order valence-corrected chi connectivity index (χ4v) is 2.46. The van der Waals surface area contributed by atoms with E-state index < -0.39 is 0 Å². The highest BCUT2D eigenvalue weighted by molar-refractivity contribution is 9.10. The smallest absolute Gasteiger partial charge is 0.244 e. The van der Waals surface area contributed by atoms with Gasteiger partial charge < -0.3 is 15.1 Å². The van der Waals surface area contributed by atoms with E-state index in [1.807, 2.05) is 55.4 Å². The first-order valence-corrected chi connectivity index (χ1v) is 8.27. The van der Waals surface area contributed by atoms with Crippen molar-refractivity contribution in [2.75, 3.05) is 35.8 Å². The van der Waals surface area contributed by atoms with Gasteiger partial charge in [-0.15, -0.1) is 0 Å². The zero-order valence-electron chi connectivity index (χ0n) is 13.9. The molecule has 5 nitrogen and oxygen atoms in total. The summed E-state index contributed by atoms with van der Waals surface area (Å²) in [6.45, 7) is 1.42. The van der Waals surface area contributed by atoms with E-state index >= 15 is 0 Å². The van der Waals surface area contributed by atoms with Gasteiger partial charge in [0.2, 0.25) is 11.8 Å². The average molecular weight is 390 g/mol. The molecule has 0 heterocycles. The number of hydrogen-bond acceptors (Lipinski definition) is 3. The van der Waals surface area contributed by atoms with Crippen LogP contribution in [0.25, 0.3) is 0 Å². The molecule has 0 aliphatic rings. The first-order valence-electron chi connectivity index (χ1n) is 7.47. The molecule has 0 unspecified atom stereocenters. The molecule has 2 rings (SSSR count). The lowest BCUT2D eigenvalue weighted by atomic mass is 10.2. The third kappa shape index (κ3) is 4.83. The van der Waals surface area contributed by atoms with E-state index in [-0.39, 0.29) is 18.4 Å². The maximum Gasteiger partial charge on any atom is 0.244 e. The standard InChI is InChI=1S/C18H20BrN3O2/c1-13(23)22(17-10-8-16(9-11-17)21(2)3)12-18(24)20-15-6-4-14(19)5-7-15/h4-11H,12H2,1-3H3,(H,20,24). The number of halogens is 1. The van der Waals surface area contributed by atoms with Crippen LogP contribution in [-0.4, -0.2) is 32.5 Å². The number of carbonyl (C=O) groups is 2. The van der Waals surface area contributed by atoms with E-state index in [0.29, 0.717) is 11.4 Å². The van der Waals surface area contributed by atoms with E-state index in [1.54, 1.807) is 12.1 Å². The summed E-state index contributed by atoms with van der Waals surface area (Å²) in [7, 11) is 3.90. The number of rotatable bonds is 5. The first kappa shape index (κ1) is 18.0. The van der Waals surface area contributed by atoms with E-state index in [4.69, 9.17) is 0 Å². The molecule has 0 bridgehead atoms. The van der Waals surface area contributed by atoms with E-state index in [1.165, 1.54) is 11.8 Å². The van der Waals surface area contributed by atoms with Crippen LogP contribution < -0.4 is 15.1 Å². The summed E-state index contributed by atoms with van der Waals surface area (Å²) in [5.41, 5.74) is 2.41. The van der Waals surface area contributed by atoms with Gasteiger partial charge in [0.05, 0.1) is 0 Å². The molecule has 0 aliphatic carbocycles. The van der Waals surface area contributed by atoms with Crippen molar-refractivity contribution in [2.45, 2.75) is 6.92 Å². The molecule has 0 atom stereocenters. The number of hydrogen-bond donors (Lipinski definition) is 1. The Morgan fingerprint density at radius 2 is 1.50 bits per heavy atom. The third-order valence-electron chi connectivity index (χ3n) is 3.49. The quantitative estimate of drug-likeness (QED) is 0.850. The molecule has 2 aromatic carbocycles. The molecule has 2 aromatic rings. The van der Waals surface area contributed by atoms with Crippen LogP contribution in [0.4, 0.5) is 17.1 Å². The fraction of sp³-hybridized carbons (Fsp3) is 0.222. The van der Waals surface area contributed by atoms with Crippen LogP contribution in [-0.2, 0) is 9.59 Å². The van der Waals surface area contributed by atoms with Gasteiger partial charge in [0.1, 0.15) is 6.54 Å². The van der Waals surface area contributed by atoms with E-state index in [0.717, 1.165) is 10.2 Å². The minimum atomic E-state index is -0.246. The van der Waals surface area contributed by atoms with Crippen LogP contribution >= 0.6 is 15.9 Å². The molecule has 0 spiro atoms. The minimum Gasteiger partial charge on any atom is -0.378 e. The Bertz CT molecular complexity index is 712. The third-order valence-corrected chi connectivity index (χ3v) is 4.02. The second-order valence-electron chi connectivity index (χ2n) is 5.57. The minimum absolute atomic E-state index is 0.0350. The molecule has 24 heavy (non-hydrogen) atoms. The molecule has 0 fully saturated rings. The Kier molecular flexibility index (Phi) is 5.98. The van der Waals surface area contributed by atoms with Crippen molar-refractivity contribution in [3.8, 4) is 0 Å². The summed E-state index contributed by atoms with van der Waals surface area (Å²) >= 11 is 3.35. The SMILES string of the molecule is CC(=O)N(CC(=O)Nc1ccc(Br)cc1)c1ccc(N(C)C)cc1. The van der Waals surface area contributed by atoms with Gasteiger partial charge in [-0.05, 0) is 48.5 Å². The Morgan fingerprint density at radius 3 is 2.00 bits per heavy atom. The largest absolute Gasteiger partial charge is 0.378 e. The van der Waals surface area contributed by atoms with Crippen molar-refractivity contribution < 1.29 is 9.59 Å². The molecule has 0 radical (unpaired) electrons. The summed E-state index contributed by atoms with van der Waals surface area (Å²) in [5.74, 6) is -0.428. The molecular formula is C18H20BrN3O2. The maximum atomic E-state index is 12.2. The van der Waals surface area contributed by atoms with Crippen LogP contribution in [0.1, 0.15) is 6.92 Å². The molecule has 0 saturated heterocycles. The van der Waals surface area contributed by atoms with Crippen molar-refractivity contribution in [2.24, 2.45) is 0 Å². The van der Waals surface area contributed by atoms with Crippen LogP contribution in [0.5, 0.6) is 0 Å². The molecule has 2 amide bonds. The molecule has 0 aliphatic heterocycles. The van der Waals surface area contributed by atoms with Crippen molar-refractivity contribution in [1.82, 2.24) is 0 Å². The maximum absolute atomic E-state index is 12.2. The molecule has 0 aromatic heterocycles. The van der Waals surface area contributed by atoms with Crippen LogP contribution in [0, 0.1) is 0 Å². The van der Waals surface area contributed by atoms with E-state index in [2.05, 4.69) is 21.2 Å². The summed E-state index contributed by atoms with van der Waals surface area (Å²) in [5, 5.41) is 2.79. The fourth-order valence-electron chi connectivity index (χ4n) is 2.19. The summed E-state index contributed by atoms with van der Waals surface area (Å²) in [6, 6.07) is 14.8. The molecule has 1 N–H and O–H groups in total. The van der Waals surface area contributed by atoms with Crippen molar-refractivity contribution in [3.05, 3.63) is 53.0 Å². The Hall–Kier alpha value is -2.34. The molecular weight excluding hydrogens is 370 g/mol. The van der Waals surface area contributed by atoms with E-state index in [9.17, 15) is 9.59 Å². The summed E-state index contributed by atoms with van der Waals surface area (Å²) < 4.78 is 0.937. The monoisotopic (exact) mass is 389 g/mol. The number of nitrogens with zero attached hydrogens (tertiary/aromatic N) is 2. The van der Waals surface area contributed by atoms with Crippen molar-refractivity contribution in [3.63, 3.8) is 0 Å². The lowest BCUT2D eigenvalue weighted by Gasteiger charge is -2.22. The van der Waals surface area contributed by atoms with Gasteiger partial charge in [-0.2, -0.15) is 0 Å². The Balaban J connectivity index is 2.08. The summed E-state index contributed by atoms with van der Waals surface area (Å²) in [6.07, 6.45) is 0. The number of benzene rings is 2. The number of nitrogens with one attached hydrogen (secondary N) is 1. The Labute approximate surface area is 150 Å². The highest BCUT2D eigenvalue weighted by Crippen LogP contribution is 2.20. The second kappa shape index (κ2) is 7.97. The van der Waals surface area contributed by atoms with Gasteiger partial charge in [0.25, 0.3) is 0 Å². The highest BCUT2D eigenvalue weighted by Gasteiger charge is 2.16. The normalized spacial score (nSPS) is 10.2. The van der Waals surface area contributed by atoms with Gasteiger partial charge in [0, 0.05) is 42.6 Å². The molecule has 6 heteroatoms. The second-order valence-corrected chi connectivity index (χ2v) is 6.49. The highest BCUT2D eigenvalue weighted by atomic mass is 79.9. The lowest BCUT2D eigenvalue weighted by molar-refractivity contribution is -0.120. The predicted octanol–water partition coefficient (Wildman–Crippen LogP) is 3.51. The van der Waals surface area contributed by atoms with Crippen LogP contribution in [0.2, 0.25) is 0 Å². The van der Waals surface area contributed by atoms with Crippen molar-refractivity contribution >= 4 is 44.8 Å². The van der Waals surface area contributed by atoms with Crippen LogP contribution in [0.15, 0.2) is 53.0 Å². The number of amides is 2. The van der Waals surface area contributed by atoms with Gasteiger partial charge in [-0.3, -0.25) is 9.59 Å². The van der Waals surface area contributed by atoms with Gasteiger partial charge in [-0.25, -0.2) is 0 Å². The van der Waals surface area contributed by atoms with Crippen LogP contribution in [0.3, 0.4) is 0 Å². The Morgan fingerprint density at radius 1 is 0.958 bits per heavy atom. The predicted molar refractivity (Wildman–Crippen MR) is 102 cm³/mol. The summed E-state index contributed by atoms with van der Waals surface area (Å²) in [4.78, 5) is 27.6. The van der Waals surface area contributed by atoms with Gasteiger partial charge >= 0.3 is 0 Å². The zero-order valence-corrected chi connectivity index (χ0v) is 15.5. The zero-order chi connectivity index (χ0) is 17.7. The van der Waals surface area contributed by atoms with Crippen molar-refractivity contribution in [1.29, 1.82) is 0 Å². The molecule has 126 valence electrons. The first-order chi connectivity index (χ1) is 11.4. The van der Waals surface area contributed by atoms with Gasteiger partial charge in [-0.1, -0.05) is 15.9 Å². The average Bonchev–Trinajstić information content (AvgIpc) is 2.54. The molecule has 0 saturated carbocycles. The number of carbonyl (C=O) groups excluding carboxylic acids is 2. The van der Waals surface area contributed by atoms with Gasteiger partial charge in [0.15, 0.2) is 0 Å². The topological polar surface area (TPSA) is 52.7 Å².